The average Bonchev–Trinajstić information content (AvgIpc) is 2.04. The second-order valence-electron chi connectivity index (χ2n) is 3.60. The van der Waals surface area contributed by atoms with Gasteiger partial charge in [0.2, 0.25) is 0 Å². The highest BCUT2D eigenvalue weighted by Crippen LogP contribution is 2.26. The number of phenolic OH excluding ortho intramolecular Hbond substituents is 1. The summed E-state index contributed by atoms with van der Waals surface area (Å²) in [5.41, 5.74) is 0.873. The third-order valence-electron chi connectivity index (χ3n) is 2.27. The van der Waals surface area contributed by atoms with Crippen molar-refractivity contribution in [1.82, 2.24) is 0 Å². The molecule has 0 radical (unpaired) electrons. The van der Waals surface area contributed by atoms with Crippen molar-refractivity contribution in [3.63, 3.8) is 0 Å². The molecule has 1 aromatic rings. The molecular formula is C11H15FO. The van der Waals surface area contributed by atoms with Crippen molar-refractivity contribution in [2.24, 2.45) is 5.92 Å². The number of hydrogen-bond acceptors (Lipinski definition) is 1. The number of hydrogen-bond donors (Lipinski definition) is 1. The maximum Gasteiger partial charge on any atom is 0.115 e. The summed E-state index contributed by atoms with van der Waals surface area (Å²) in [4.78, 5) is 0. The topological polar surface area (TPSA) is 20.2 Å². The summed E-state index contributed by atoms with van der Waals surface area (Å²) < 4.78 is 12.6. The van der Waals surface area contributed by atoms with Gasteiger partial charge in [-0.05, 0) is 23.6 Å². The van der Waals surface area contributed by atoms with Gasteiger partial charge in [-0.1, -0.05) is 26.0 Å². The van der Waals surface area contributed by atoms with E-state index in [2.05, 4.69) is 0 Å². The van der Waals surface area contributed by atoms with Crippen LogP contribution in [0.5, 0.6) is 5.75 Å². The smallest absolute Gasteiger partial charge is 0.115 e. The van der Waals surface area contributed by atoms with Gasteiger partial charge < -0.3 is 5.11 Å². The fourth-order valence-corrected chi connectivity index (χ4v) is 1.41. The molecule has 1 N–H and O–H groups in total. The molecule has 72 valence electrons. The predicted octanol–water partition coefficient (Wildman–Crippen LogP) is 3.10. The normalized spacial score (nSPS) is 13.2. The van der Waals surface area contributed by atoms with Crippen molar-refractivity contribution in [2.75, 3.05) is 6.67 Å². The van der Waals surface area contributed by atoms with Gasteiger partial charge in [-0.2, -0.15) is 0 Å². The van der Waals surface area contributed by atoms with E-state index in [0.717, 1.165) is 5.56 Å². The zero-order valence-electron chi connectivity index (χ0n) is 8.00. The first-order valence-electron chi connectivity index (χ1n) is 4.50. The maximum absolute atomic E-state index is 12.6. The highest BCUT2D eigenvalue weighted by atomic mass is 19.1. The van der Waals surface area contributed by atoms with Crippen molar-refractivity contribution in [2.45, 2.75) is 19.8 Å². The number of alkyl halides is 1. The Kier molecular flexibility index (Phi) is 3.29. The first kappa shape index (κ1) is 10.0. The summed E-state index contributed by atoms with van der Waals surface area (Å²) >= 11 is 0. The van der Waals surface area contributed by atoms with Crippen LogP contribution in [0.1, 0.15) is 25.3 Å². The van der Waals surface area contributed by atoms with Gasteiger partial charge in [0.25, 0.3) is 0 Å². The van der Waals surface area contributed by atoms with E-state index in [1.807, 2.05) is 19.9 Å². The lowest BCUT2D eigenvalue weighted by molar-refractivity contribution is 0.364. The average molecular weight is 182 g/mol. The van der Waals surface area contributed by atoms with E-state index in [4.69, 9.17) is 0 Å². The van der Waals surface area contributed by atoms with Crippen molar-refractivity contribution >= 4 is 0 Å². The third-order valence-corrected chi connectivity index (χ3v) is 2.27. The Balaban J connectivity index is 2.91. The molecule has 0 bridgehead atoms. The van der Waals surface area contributed by atoms with Crippen LogP contribution in [0.2, 0.25) is 0 Å². The monoisotopic (exact) mass is 182 g/mol. The van der Waals surface area contributed by atoms with Crippen molar-refractivity contribution in [3.8, 4) is 5.75 Å². The maximum atomic E-state index is 12.6. The lowest BCUT2D eigenvalue weighted by atomic mass is 9.90. The molecular weight excluding hydrogens is 167 g/mol. The second-order valence-corrected chi connectivity index (χ2v) is 3.60. The van der Waals surface area contributed by atoms with Gasteiger partial charge >= 0.3 is 0 Å². The summed E-state index contributed by atoms with van der Waals surface area (Å²) in [6.45, 7) is 3.59. The van der Waals surface area contributed by atoms with Gasteiger partial charge in [0.1, 0.15) is 5.75 Å². The summed E-state index contributed by atoms with van der Waals surface area (Å²) in [5.74, 6) is 0.357. The van der Waals surface area contributed by atoms with Gasteiger partial charge in [-0.3, -0.25) is 4.39 Å². The van der Waals surface area contributed by atoms with Gasteiger partial charge in [-0.15, -0.1) is 0 Å². The quantitative estimate of drug-likeness (QED) is 0.761. The Morgan fingerprint density at radius 2 is 2.08 bits per heavy atom. The van der Waals surface area contributed by atoms with Gasteiger partial charge in [0, 0.05) is 5.92 Å². The lowest BCUT2D eigenvalue weighted by Gasteiger charge is -2.17. The zero-order chi connectivity index (χ0) is 9.84. The largest absolute Gasteiger partial charge is 0.508 e. The third kappa shape index (κ3) is 2.44. The first-order chi connectivity index (χ1) is 6.15. The fraction of sp³-hybridized carbons (Fsp3) is 0.455. The highest BCUT2D eigenvalue weighted by Gasteiger charge is 2.15. The van der Waals surface area contributed by atoms with Crippen LogP contribution in [-0.4, -0.2) is 11.8 Å². The first-order valence-corrected chi connectivity index (χ1v) is 4.50. The fourth-order valence-electron chi connectivity index (χ4n) is 1.41. The van der Waals surface area contributed by atoms with Crippen LogP contribution in [0.4, 0.5) is 4.39 Å². The summed E-state index contributed by atoms with van der Waals surface area (Å²) in [6.07, 6.45) is 0. The molecule has 1 aromatic carbocycles. The summed E-state index contributed by atoms with van der Waals surface area (Å²) in [5, 5.41) is 9.22. The Morgan fingerprint density at radius 3 is 2.54 bits per heavy atom. The standard InChI is InChI=1S/C11H15FO/c1-8(2)11(7-12)9-4-3-5-10(13)6-9/h3-6,8,11,13H,7H2,1-2H3. The van der Waals surface area contributed by atoms with Gasteiger partial charge in [0.15, 0.2) is 0 Å². The highest BCUT2D eigenvalue weighted by molar-refractivity contribution is 5.30. The molecule has 1 unspecified atom stereocenters. The van der Waals surface area contributed by atoms with Crippen LogP contribution in [-0.2, 0) is 0 Å². The summed E-state index contributed by atoms with van der Waals surface area (Å²) in [7, 11) is 0. The Labute approximate surface area is 78.2 Å². The van der Waals surface area contributed by atoms with Gasteiger partial charge in [-0.25, -0.2) is 0 Å². The summed E-state index contributed by atoms with van der Waals surface area (Å²) in [6, 6.07) is 6.82. The predicted molar refractivity (Wildman–Crippen MR) is 51.7 cm³/mol. The number of benzene rings is 1. The lowest BCUT2D eigenvalue weighted by Crippen LogP contribution is -2.08. The SMILES string of the molecule is CC(C)C(CF)c1cccc(O)c1. The number of halogens is 1. The van der Waals surface area contributed by atoms with Crippen LogP contribution >= 0.6 is 0 Å². The molecule has 0 aliphatic carbocycles. The Hall–Kier alpha value is -1.05. The molecule has 0 fully saturated rings. The molecule has 1 nitrogen and oxygen atoms in total. The Morgan fingerprint density at radius 1 is 1.38 bits per heavy atom. The number of phenols is 1. The molecule has 0 amide bonds. The molecule has 0 saturated heterocycles. The van der Waals surface area contributed by atoms with E-state index in [-0.39, 0.29) is 24.3 Å². The van der Waals surface area contributed by atoms with Gasteiger partial charge in [0.05, 0.1) is 6.67 Å². The van der Waals surface area contributed by atoms with Crippen LogP contribution < -0.4 is 0 Å². The van der Waals surface area contributed by atoms with Crippen molar-refractivity contribution < 1.29 is 9.50 Å². The molecule has 0 aromatic heterocycles. The van der Waals surface area contributed by atoms with E-state index in [9.17, 15) is 9.50 Å². The van der Waals surface area contributed by atoms with E-state index >= 15 is 0 Å². The molecule has 0 aliphatic rings. The van der Waals surface area contributed by atoms with E-state index in [1.165, 1.54) is 0 Å². The molecule has 13 heavy (non-hydrogen) atoms. The molecule has 1 rings (SSSR count). The Bertz CT molecular complexity index is 271. The zero-order valence-corrected chi connectivity index (χ0v) is 8.00. The van der Waals surface area contributed by atoms with E-state index in [0.29, 0.717) is 0 Å². The van der Waals surface area contributed by atoms with Crippen LogP contribution in [0.15, 0.2) is 24.3 Å². The molecule has 1 atom stereocenters. The number of rotatable bonds is 3. The molecule has 2 heteroatoms. The minimum absolute atomic E-state index is 0.105. The molecule has 0 aliphatic heterocycles. The molecule has 0 spiro atoms. The van der Waals surface area contributed by atoms with Crippen LogP contribution in [0.3, 0.4) is 0 Å². The second kappa shape index (κ2) is 4.26. The van der Waals surface area contributed by atoms with Crippen LogP contribution in [0, 0.1) is 5.92 Å². The van der Waals surface area contributed by atoms with E-state index in [1.54, 1.807) is 18.2 Å². The number of aromatic hydroxyl groups is 1. The van der Waals surface area contributed by atoms with Crippen molar-refractivity contribution in [1.29, 1.82) is 0 Å². The minimum atomic E-state index is -0.374. The minimum Gasteiger partial charge on any atom is -0.508 e. The van der Waals surface area contributed by atoms with Crippen LogP contribution in [0.25, 0.3) is 0 Å². The molecule has 0 heterocycles. The molecule has 0 saturated carbocycles. The van der Waals surface area contributed by atoms with Crippen molar-refractivity contribution in [3.05, 3.63) is 29.8 Å². The van der Waals surface area contributed by atoms with E-state index < -0.39 is 0 Å².